The molecule has 96 valence electrons. The van der Waals surface area contributed by atoms with Crippen LogP contribution in [0.15, 0.2) is 54.2 Å². The minimum absolute atomic E-state index is 0.236. The van der Waals surface area contributed by atoms with Crippen molar-refractivity contribution in [1.82, 2.24) is 9.55 Å². The number of imidazole rings is 1. The highest BCUT2D eigenvalue weighted by molar-refractivity contribution is 7.13. The number of anilines is 1. The van der Waals surface area contributed by atoms with Crippen molar-refractivity contribution in [3.63, 3.8) is 0 Å². The highest BCUT2D eigenvalue weighted by atomic mass is 32.1. The summed E-state index contributed by atoms with van der Waals surface area (Å²) in [6, 6.07) is 12.4. The smallest absolute Gasteiger partial charge is 0.150 e. The molecular formula is C15H15N3S. The quantitative estimate of drug-likeness (QED) is 0.735. The molecule has 2 N–H and O–H groups in total. The Labute approximate surface area is 116 Å². The van der Waals surface area contributed by atoms with E-state index in [0.717, 1.165) is 11.5 Å². The van der Waals surface area contributed by atoms with Crippen molar-refractivity contribution in [2.24, 2.45) is 0 Å². The molecule has 1 unspecified atom stereocenters. The summed E-state index contributed by atoms with van der Waals surface area (Å²) in [6.07, 6.45) is 3.87. The lowest BCUT2D eigenvalue weighted by Gasteiger charge is -2.16. The summed E-state index contributed by atoms with van der Waals surface area (Å²) < 4.78 is 2.19. The van der Waals surface area contributed by atoms with Gasteiger partial charge < -0.3 is 10.3 Å². The molecule has 0 saturated heterocycles. The second-order valence-electron chi connectivity index (χ2n) is 4.48. The fourth-order valence-corrected chi connectivity index (χ4v) is 2.88. The summed E-state index contributed by atoms with van der Waals surface area (Å²) in [6.45, 7) is 2.17. The number of nitrogens with two attached hydrogens (primary N) is 1. The van der Waals surface area contributed by atoms with Gasteiger partial charge in [0.05, 0.1) is 10.9 Å². The topological polar surface area (TPSA) is 43.8 Å². The van der Waals surface area contributed by atoms with E-state index in [1.54, 1.807) is 11.3 Å². The molecule has 0 radical (unpaired) electrons. The molecule has 0 amide bonds. The zero-order valence-corrected chi connectivity index (χ0v) is 11.5. The fraction of sp³-hybridized carbons (Fsp3) is 0.133. The number of rotatable bonds is 3. The molecule has 3 nitrogen and oxygen atoms in total. The molecule has 19 heavy (non-hydrogen) atoms. The Bertz CT molecular complexity index is 653. The van der Waals surface area contributed by atoms with Gasteiger partial charge in [-0.3, -0.25) is 0 Å². The first kappa shape index (κ1) is 12.0. The van der Waals surface area contributed by atoms with Crippen LogP contribution in [0.2, 0.25) is 0 Å². The first-order valence-corrected chi connectivity index (χ1v) is 7.06. The van der Waals surface area contributed by atoms with E-state index in [9.17, 15) is 0 Å². The van der Waals surface area contributed by atoms with Crippen molar-refractivity contribution in [3.05, 3.63) is 59.7 Å². The molecule has 0 aliphatic heterocycles. The molecule has 0 aliphatic rings. The zero-order valence-electron chi connectivity index (χ0n) is 10.7. The number of hydrogen-bond acceptors (Lipinski definition) is 3. The third-order valence-corrected chi connectivity index (χ3v) is 4.11. The van der Waals surface area contributed by atoms with Gasteiger partial charge in [0.15, 0.2) is 5.82 Å². The standard InChI is InChI=1S/C15H15N3S/c1-11(12-4-6-13(16)7-5-12)18-9-8-17-15(18)14-3-2-10-19-14/h2-11H,16H2,1H3. The molecule has 3 rings (SSSR count). The van der Waals surface area contributed by atoms with Gasteiger partial charge in [0.1, 0.15) is 0 Å². The third kappa shape index (κ3) is 2.27. The van der Waals surface area contributed by atoms with Gasteiger partial charge in [0.2, 0.25) is 0 Å². The van der Waals surface area contributed by atoms with Gasteiger partial charge in [0.25, 0.3) is 0 Å². The number of aromatic nitrogens is 2. The SMILES string of the molecule is CC(c1ccc(N)cc1)n1ccnc1-c1cccs1. The van der Waals surface area contributed by atoms with Gasteiger partial charge in [-0.15, -0.1) is 11.3 Å². The van der Waals surface area contributed by atoms with Crippen molar-refractivity contribution in [2.45, 2.75) is 13.0 Å². The minimum Gasteiger partial charge on any atom is -0.399 e. The van der Waals surface area contributed by atoms with Crippen molar-refractivity contribution >= 4 is 17.0 Å². The average molecular weight is 269 g/mol. The van der Waals surface area contributed by atoms with Crippen LogP contribution >= 0.6 is 11.3 Å². The lowest BCUT2D eigenvalue weighted by Crippen LogP contribution is -2.07. The molecule has 0 saturated carbocycles. The third-order valence-electron chi connectivity index (χ3n) is 3.25. The van der Waals surface area contributed by atoms with E-state index in [1.807, 2.05) is 30.6 Å². The summed E-state index contributed by atoms with van der Waals surface area (Å²) in [4.78, 5) is 5.66. The van der Waals surface area contributed by atoms with E-state index in [2.05, 4.69) is 40.1 Å². The molecule has 2 heterocycles. The summed E-state index contributed by atoms with van der Waals surface area (Å²) in [5, 5.41) is 2.07. The summed E-state index contributed by atoms with van der Waals surface area (Å²) >= 11 is 1.71. The molecule has 0 spiro atoms. The molecule has 1 atom stereocenters. The van der Waals surface area contributed by atoms with E-state index >= 15 is 0 Å². The molecule has 2 aromatic heterocycles. The molecule has 1 aromatic carbocycles. The molecule has 0 aliphatic carbocycles. The number of benzene rings is 1. The van der Waals surface area contributed by atoms with Gasteiger partial charge in [-0.25, -0.2) is 4.98 Å². The molecular weight excluding hydrogens is 254 g/mol. The van der Waals surface area contributed by atoms with Crippen LogP contribution in [-0.4, -0.2) is 9.55 Å². The van der Waals surface area contributed by atoms with Crippen molar-refractivity contribution in [1.29, 1.82) is 0 Å². The Morgan fingerprint density at radius 1 is 1.21 bits per heavy atom. The fourth-order valence-electron chi connectivity index (χ4n) is 2.16. The van der Waals surface area contributed by atoms with Gasteiger partial charge >= 0.3 is 0 Å². The molecule has 4 heteroatoms. The lowest BCUT2D eigenvalue weighted by molar-refractivity contribution is 0.647. The highest BCUT2D eigenvalue weighted by Gasteiger charge is 2.13. The Balaban J connectivity index is 1.99. The van der Waals surface area contributed by atoms with Crippen LogP contribution in [0.25, 0.3) is 10.7 Å². The number of nitrogens with zero attached hydrogens (tertiary/aromatic N) is 2. The lowest BCUT2D eigenvalue weighted by atomic mass is 10.1. The van der Waals surface area contributed by atoms with Gasteiger partial charge in [0, 0.05) is 18.1 Å². The highest BCUT2D eigenvalue weighted by Crippen LogP contribution is 2.28. The summed E-state index contributed by atoms with van der Waals surface area (Å²) in [5.74, 6) is 1.01. The Kier molecular flexibility index (Phi) is 3.09. The minimum atomic E-state index is 0.236. The van der Waals surface area contributed by atoms with Crippen LogP contribution in [0.4, 0.5) is 5.69 Å². The van der Waals surface area contributed by atoms with Gasteiger partial charge in [-0.1, -0.05) is 18.2 Å². The van der Waals surface area contributed by atoms with E-state index in [-0.39, 0.29) is 6.04 Å². The first-order valence-electron chi connectivity index (χ1n) is 6.18. The monoisotopic (exact) mass is 269 g/mol. The van der Waals surface area contributed by atoms with E-state index in [1.165, 1.54) is 10.4 Å². The average Bonchev–Trinajstić information content (AvgIpc) is 3.09. The Morgan fingerprint density at radius 2 is 2.00 bits per heavy atom. The van der Waals surface area contributed by atoms with Gasteiger partial charge in [-0.05, 0) is 36.1 Å². The van der Waals surface area contributed by atoms with Crippen LogP contribution in [-0.2, 0) is 0 Å². The predicted octanol–water partition coefficient (Wildman–Crippen LogP) is 3.80. The second kappa shape index (κ2) is 4.90. The van der Waals surface area contributed by atoms with Crippen LogP contribution in [0.5, 0.6) is 0 Å². The number of thiophene rings is 1. The maximum absolute atomic E-state index is 5.74. The number of hydrogen-bond donors (Lipinski definition) is 1. The summed E-state index contributed by atoms with van der Waals surface area (Å²) in [5.41, 5.74) is 7.75. The second-order valence-corrected chi connectivity index (χ2v) is 5.43. The summed E-state index contributed by atoms with van der Waals surface area (Å²) in [7, 11) is 0. The van der Waals surface area contributed by atoms with Crippen molar-refractivity contribution in [3.8, 4) is 10.7 Å². The maximum atomic E-state index is 5.74. The van der Waals surface area contributed by atoms with Crippen LogP contribution in [0, 0.1) is 0 Å². The van der Waals surface area contributed by atoms with Crippen LogP contribution in [0.1, 0.15) is 18.5 Å². The van der Waals surface area contributed by atoms with Crippen LogP contribution < -0.4 is 5.73 Å². The first-order chi connectivity index (χ1) is 9.25. The van der Waals surface area contributed by atoms with E-state index in [0.29, 0.717) is 0 Å². The largest absolute Gasteiger partial charge is 0.399 e. The molecule has 0 fully saturated rings. The number of nitrogen functional groups attached to an aromatic ring is 1. The van der Waals surface area contributed by atoms with Gasteiger partial charge in [-0.2, -0.15) is 0 Å². The Morgan fingerprint density at radius 3 is 2.68 bits per heavy atom. The predicted molar refractivity (Wildman–Crippen MR) is 80.2 cm³/mol. The van der Waals surface area contributed by atoms with E-state index < -0.39 is 0 Å². The van der Waals surface area contributed by atoms with Crippen LogP contribution in [0.3, 0.4) is 0 Å². The maximum Gasteiger partial charge on any atom is 0.150 e. The van der Waals surface area contributed by atoms with E-state index in [4.69, 9.17) is 5.73 Å². The molecule has 0 bridgehead atoms. The van der Waals surface area contributed by atoms with Crippen molar-refractivity contribution in [2.75, 3.05) is 5.73 Å². The zero-order chi connectivity index (χ0) is 13.2. The Hall–Kier alpha value is -2.07. The molecule has 3 aromatic rings. The van der Waals surface area contributed by atoms with Crippen molar-refractivity contribution < 1.29 is 0 Å². The normalized spacial score (nSPS) is 12.5.